The maximum Gasteiger partial charge on any atom is 0.272 e. The molecule has 3 aliphatic rings. The summed E-state index contributed by atoms with van der Waals surface area (Å²) in [6.07, 6.45) is 7.37. The number of imidazole rings is 1. The minimum absolute atomic E-state index is 0.0678. The minimum atomic E-state index is -0.115. The zero-order valence-corrected chi connectivity index (χ0v) is 16.1. The number of amides is 2. The van der Waals surface area contributed by atoms with Gasteiger partial charge in [0.15, 0.2) is 0 Å². The van der Waals surface area contributed by atoms with Gasteiger partial charge >= 0.3 is 0 Å². The summed E-state index contributed by atoms with van der Waals surface area (Å²) in [6, 6.07) is 1.87. The molecule has 0 unspecified atom stereocenters. The average Bonchev–Trinajstić information content (AvgIpc) is 2.77. The molecule has 0 aromatic carbocycles. The number of hydrogen-bond donors (Lipinski definition) is 0. The van der Waals surface area contributed by atoms with Gasteiger partial charge in [0, 0.05) is 38.1 Å². The zero-order valence-electron chi connectivity index (χ0n) is 16.1. The van der Waals surface area contributed by atoms with Gasteiger partial charge in [0.05, 0.1) is 11.6 Å². The second-order valence-corrected chi connectivity index (χ2v) is 7.75. The molecule has 7 heteroatoms. The van der Waals surface area contributed by atoms with E-state index in [4.69, 9.17) is 0 Å². The van der Waals surface area contributed by atoms with Crippen molar-refractivity contribution in [1.82, 2.24) is 24.2 Å². The van der Waals surface area contributed by atoms with Gasteiger partial charge in [0.1, 0.15) is 5.69 Å². The first-order valence-corrected chi connectivity index (χ1v) is 9.48. The summed E-state index contributed by atoms with van der Waals surface area (Å²) in [6.45, 7) is 7.59. The lowest BCUT2D eigenvalue weighted by atomic mass is 9.94. The zero-order chi connectivity index (χ0) is 19.1. The fraction of sp³-hybridized carbons (Fsp3) is 0.500. The van der Waals surface area contributed by atoms with Crippen LogP contribution in [0.3, 0.4) is 0 Å². The first-order valence-electron chi connectivity index (χ1n) is 9.48. The summed E-state index contributed by atoms with van der Waals surface area (Å²) in [7, 11) is 0. The van der Waals surface area contributed by atoms with E-state index >= 15 is 0 Å². The van der Waals surface area contributed by atoms with E-state index in [2.05, 4.69) is 16.0 Å². The Bertz CT molecular complexity index is 928. The van der Waals surface area contributed by atoms with Gasteiger partial charge in [-0.15, -0.1) is 0 Å². The highest BCUT2D eigenvalue weighted by molar-refractivity contribution is 5.95. The highest BCUT2D eigenvalue weighted by Crippen LogP contribution is 2.30. The Morgan fingerprint density at radius 1 is 1.30 bits per heavy atom. The fourth-order valence-corrected chi connectivity index (χ4v) is 4.13. The van der Waals surface area contributed by atoms with Crippen LogP contribution in [0.2, 0.25) is 0 Å². The second-order valence-electron chi connectivity index (χ2n) is 7.75. The summed E-state index contributed by atoms with van der Waals surface area (Å²) in [5.74, 6) is 0.519. The monoisotopic (exact) mass is 367 g/mol. The van der Waals surface area contributed by atoms with Gasteiger partial charge in [0.2, 0.25) is 11.7 Å². The normalized spacial score (nSPS) is 22.3. The van der Waals surface area contributed by atoms with Crippen LogP contribution in [0, 0.1) is 12.8 Å². The Balaban J connectivity index is 1.64. The SMILES string of the molecule is CC(C)=CCN1C(=O)[C@H]2CC[C@@H]1CN(C(=O)c1c(C)nc3ncccn13)C2. The summed E-state index contributed by atoms with van der Waals surface area (Å²) in [5, 5.41) is 0. The Morgan fingerprint density at radius 3 is 2.89 bits per heavy atom. The molecule has 7 nitrogen and oxygen atoms in total. The molecule has 2 aromatic rings. The van der Waals surface area contributed by atoms with Crippen molar-refractivity contribution in [3.05, 3.63) is 41.5 Å². The Kier molecular flexibility index (Phi) is 4.45. The smallest absolute Gasteiger partial charge is 0.272 e. The summed E-state index contributed by atoms with van der Waals surface area (Å²) < 4.78 is 1.74. The molecule has 0 saturated carbocycles. The molecule has 0 spiro atoms. The Labute approximate surface area is 158 Å². The number of rotatable bonds is 3. The molecule has 5 rings (SSSR count). The average molecular weight is 367 g/mol. The van der Waals surface area contributed by atoms with Gasteiger partial charge in [-0.05, 0) is 39.7 Å². The van der Waals surface area contributed by atoms with Crippen LogP contribution in [0.25, 0.3) is 5.78 Å². The van der Waals surface area contributed by atoms with Gasteiger partial charge in [-0.1, -0.05) is 11.6 Å². The number of aromatic nitrogens is 3. The Morgan fingerprint density at radius 2 is 2.11 bits per heavy atom. The number of aryl methyl sites for hydroxylation is 1. The van der Waals surface area contributed by atoms with Crippen molar-refractivity contribution in [1.29, 1.82) is 0 Å². The maximum atomic E-state index is 13.3. The lowest BCUT2D eigenvalue weighted by molar-refractivity contribution is -0.139. The number of allylic oxidation sites excluding steroid dienone is 1. The van der Waals surface area contributed by atoms with Crippen LogP contribution in [-0.4, -0.2) is 61.7 Å². The van der Waals surface area contributed by atoms with E-state index in [9.17, 15) is 9.59 Å². The van der Waals surface area contributed by atoms with E-state index in [1.165, 1.54) is 5.57 Å². The highest BCUT2D eigenvalue weighted by Gasteiger charge is 2.42. The summed E-state index contributed by atoms with van der Waals surface area (Å²) >= 11 is 0. The molecule has 0 aliphatic carbocycles. The van der Waals surface area contributed by atoms with E-state index in [1.54, 1.807) is 16.7 Å². The predicted molar refractivity (Wildman–Crippen MR) is 101 cm³/mol. The molecule has 142 valence electrons. The van der Waals surface area contributed by atoms with Gasteiger partial charge in [-0.2, -0.15) is 0 Å². The largest absolute Gasteiger partial charge is 0.334 e. The van der Waals surface area contributed by atoms with Crippen LogP contribution in [0.5, 0.6) is 0 Å². The van der Waals surface area contributed by atoms with E-state index in [1.807, 2.05) is 36.8 Å². The van der Waals surface area contributed by atoms with Crippen molar-refractivity contribution < 1.29 is 9.59 Å². The van der Waals surface area contributed by atoms with Crippen molar-refractivity contribution in [2.75, 3.05) is 19.6 Å². The Hall–Kier alpha value is -2.70. The molecule has 3 saturated heterocycles. The number of piperidine rings is 1. The molecule has 0 N–H and O–H groups in total. The molecule has 2 amide bonds. The van der Waals surface area contributed by atoms with Crippen molar-refractivity contribution in [3.63, 3.8) is 0 Å². The third kappa shape index (κ3) is 3.11. The fourth-order valence-electron chi connectivity index (χ4n) is 4.13. The molecular formula is C20H25N5O2. The number of hydrogen-bond acceptors (Lipinski definition) is 4. The second kappa shape index (κ2) is 6.79. The number of fused-ring (bicyclic) bond motifs is 5. The van der Waals surface area contributed by atoms with E-state index in [0.717, 1.165) is 12.8 Å². The van der Waals surface area contributed by atoms with Crippen LogP contribution < -0.4 is 0 Å². The quantitative estimate of drug-likeness (QED) is 0.779. The van der Waals surface area contributed by atoms with E-state index in [-0.39, 0.29) is 23.8 Å². The van der Waals surface area contributed by atoms with Crippen LogP contribution in [0.1, 0.15) is 42.9 Å². The standard InChI is InChI=1S/C20H25N5O2/c1-13(2)7-10-24-16-6-5-15(18(24)26)11-23(12-16)19(27)17-14(3)22-20-21-8-4-9-25(17)20/h4,7-9,15-16H,5-6,10-12H2,1-3H3/t15-,16+/m0/s1. The topological polar surface area (TPSA) is 70.8 Å². The van der Waals surface area contributed by atoms with Gasteiger partial charge in [-0.3, -0.25) is 14.0 Å². The predicted octanol–water partition coefficient (Wildman–Crippen LogP) is 2.07. The molecular weight excluding hydrogens is 342 g/mol. The van der Waals surface area contributed by atoms with Crippen LogP contribution >= 0.6 is 0 Å². The van der Waals surface area contributed by atoms with Gasteiger partial charge < -0.3 is 9.80 Å². The number of carbonyl (C=O) groups is 2. The molecule has 2 atom stereocenters. The third-order valence-corrected chi connectivity index (χ3v) is 5.56. The first-order chi connectivity index (χ1) is 13.0. The molecule has 27 heavy (non-hydrogen) atoms. The van der Waals surface area contributed by atoms with Gasteiger partial charge in [0.25, 0.3) is 5.91 Å². The molecule has 2 aromatic heterocycles. The van der Waals surface area contributed by atoms with E-state index in [0.29, 0.717) is 36.8 Å². The number of nitrogens with zero attached hydrogens (tertiary/aromatic N) is 5. The molecule has 5 heterocycles. The molecule has 3 aliphatic heterocycles. The summed E-state index contributed by atoms with van der Waals surface area (Å²) in [5.41, 5.74) is 2.41. The molecule has 2 bridgehead atoms. The van der Waals surface area contributed by atoms with Crippen LogP contribution in [0.15, 0.2) is 30.1 Å². The van der Waals surface area contributed by atoms with E-state index < -0.39 is 0 Å². The molecule has 0 radical (unpaired) electrons. The third-order valence-electron chi connectivity index (χ3n) is 5.56. The van der Waals surface area contributed by atoms with Crippen molar-refractivity contribution in [2.45, 2.75) is 39.7 Å². The lowest BCUT2D eigenvalue weighted by Crippen LogP contribution is -2.48. The van der Waals surface area contributed by atoms with Gasteiger partial charge in [-0.25, -0.2) is 9.97 Å². The van der Waals surface area contributed by atoms with Crippen molar-refractivity contribution >= 4 is 17.6 Å². The summed E-state index contributed by atoms with van der Waals surface area (Å²) in [4.78, 5) is 38.7. The maximum absolute atomic E-state index is 13.3. The van der Waals surface area contributed by atoms with Crippen molar-refractivity contribution in [3.8, 4) is 0 Å². The number of carbonyl (C=O) groups excluding carboxylic acids is 2. The lowest BCUT2D eigenvalue weighted by Gasteiger charge is -2.35. The minimum Gasteiger partial charge on any atom is -0.334 e. The van der Waals surface area contributed by atoms with Crippen LogP contribution in [-0.2, 0) is 4.79 Å². The van der Waals surface area contributed by atoms with Crippen LogP contribution in [0.4, 0.5) is 0 Å². The molecule has 3 fully saturated rings. The first kappa shape index (κ1) is 17.7. The van der Waals surface area contributed by atoms with Crippen molar-refractivity contribution in [2.24, 2.45) is 5.92 Å². The highest BCUT2D eigenvalue weighted by atomic mass is 16.2.